The molecule has 0 saturated carbocycles. The molecule has 1 N–H and O–H groups in total. The van der Waals surface area contributed by atoms with Gasteiger partial charge in [-0.05, 0) is 26.0 Å². The molecule has 0 fully saturated rings. The molecule has 1 atom stereocenters. The molecule has 0 aliphatic heterocycles. The Balaban J connectivity index is 1.99. The van der Waals surface area contributed by atoms with E-state index in [9.17, 15) is 4.79 Å². The van der Waals surface area contributed by atoms with Crippen LogP contribution in [0.15, 0.2) is 24.3 Å². The predicted molar refractivity (Wildman–Crippen MR) is 85.3 cm³/mol. The maximum Gasteiger partial charge on any atom is 0.312 e. The molecule has 1 aromatic carbocycles. The molecule has 1 unspecified atom stereocenters. The van der Waals surface area contributed by atoms with Crippen LogP contribution in [0, 0.1) is 5.92 Å². The van der Waals surface area contributed by atoms with Crippen molar-refractivity contribution in [1.29, 1.82) is 0 Å². The van der Waals surface area contributed by atoms with Gasteiger partial charge < -0.3 is 9.47 Å². The number of rotatable bonds is 6. The van der Waals surface area contributed by atoms with Crippen molar-refractivity contribution in [3.8, 4) is 17.1 Å². The predicted octanol–water partition coefficient (Wildman–Crippen LogP) is 3.96. The Labute approximate surface area is 138 Å². The van der Waals surface area contributed by atoms with Crippen LogP contribution in [0.3, 0.4) is 0 Å². The van der Waals surface area contributed by atoms with Gasteiger partial charge in [0.2, 0.25) is 5.88 Å². The van der Waals surface area contributed by atoms with Crippen LogP contribution in [-0.4, -0.2) is 29.4 Å². The van der Waals surface area contributed by atoms with E-state index in [0.717, 1.165) is 11.3 Å². The average Bonchev–Trinajstić information content (AvgIpc) is 2.96. The highest BCUT2D eigenvalue weighted by molar-refractivity contribution is 6.42. The molecule has 0 aliphatic carbocycles. The number of carbonyl (C=O) groups is 1. The number of aromatic amines is 1. The first kappa shape index (κ1) is 16.6. The van der Waals surface area contributed by atoms with Gasteiger partial charge in [-0.1, -0.05) is 29.3 Å². The number of hydrogen-bond donors (Lipinski definition) is 1. The van der Waals surface area contributed by atoms with Crippen molar-refractivity contribution in [3.05, 3.63) is 34.3 Å². The smallest absolute Gasteiger partial charge is 0.312 e. The normalized spacial score (nSPS) is 12.0. The van der Waals surface area contributed by atoms with Crippen molar-refractivity contribution in [3.63, 3.8) is 0 Å². The maximum absolute atomic E-state index is 11.5. The lowest BCUT2D eigenvalue weighted by atomic mass is 10.1. The Morgan fingerprint density at radius 3 is 2.77 bits per heavy atom. The number of nitrogens with one attached hydrogen (secondary N) is 1. The number of ether oxygens (including phenoxy) is 2. The van der Waals surface area contributed by atoms with E-state index in [0.29, 0.717) is 22.5 Å². The van der Waals surface area contributed by atoms with E-state index in [4.69, 9.17) is 32.7 Å². The molecule has 2 rings (SSSR count). The first-order valence-corrected chi connectivity index (χ1v) is 7.57. The van der Waals surface area contributed by atoms with E-state index in [-0.39, 0.29) is 18.5 Å². The number of aromatic nitrogens is 2. The van der Waals surface area contributed by atoms with Crippen molar-refractivity contribution in [2.45, 2.75) is 13.8 Å². The summed E-state index contributed by atoms with van der Waals surface area (Å²) in [4.78, 5) is 11.5. The molecule has 1 aromatic heterocycles. The van der Waals surface area contributed by atoms with Crippen LogP contribution < -0.4 is 4.74 Å². The molecule has 2 aromatic rings. The molecule has 0 aliphatic rings. The molecule has 22 heavy (non-hydrogen) atoms. The van der Waals surface area contributed by atoms with Crippen LogP contribution in [-0.2, 0) is 9.53 Å². The van der Waals surface area contributed by atoms with Crippen molar-refractivity contribution < 1.29 is 14.3 Å². The van der Waals surface area contributed by atoms with E-state index >= 15 is 0 Å². The van der Waals surface area contributed by atoms with Gasteiger partial charge in [0.1, 0.15) is 6.61 Å². The van der Waals surface area contributed by atoms with E-state index in [1.807, 2.05) is 6.07 Å². The lowest BCUT2D eigenvalue weighted by Crippen LogP contribution is -2.21. The second-order valence-corrected chi connectivity index (χ2v) is 5.53. The number of hydrogen-bond acceptors (Lipinski definition) is 4. The molecular weight excluding hydrogens is 327 g/mol. The number of H-pyrrole nitrogens is 1. The summed E-state index contributed by atoms with van der Waals surface area (Å²) in [6.45, 7) is 4.06. The Morgan fingerprint density at radius 2 is 2.09 bits per heavy atom. The largest absolute Gasteiger partial charge is 0.476 e. The second-order valence-electron chi connectivity index (χ2n) is 4.71. The van der Waals surface area contributed by atoms with Gasteiger partial charge in [-0.3, -0.25) is 9.89 Å². The Morgan fingerprint density at radius 1 is 1.32 bits per heavy atom. The standard InChI is InChI=1S/C15H16Cl2N2O3/c1-3-21-15(20)9(2)8-22-14-7-13(18-19-14)10-4-5-11(16)12(17)6-10/h4-7,9H,3,8H2,1-2H3,(H,18,19). The molecule has 0 radical (unpaired) electrons. The first-order chi connectivity index (χ1) is 10.5. The highest BCUT2D eigenvalue weighted by Crippen LogP contribution is 2.28. The summed E-state index contributed by atoms with van der Waals surface area (Å²) < 4.78 is 10.4. The maximum atomic E-state index is 11.5. The number of benzene rings is 1. The molecular formula is C15H16Cl2N2O3. The molecule has 1 heterocycles. The third-order valence-corrected chi connectivity index (χ3v) is 3.69. The third kappa shape index (κ3) is 4.15. The Bertz CT molecular complexity index is 658. The fourth-order valence-electron chi connectivity index (χ4n) is 1.75. The van der Waals surface area contributed by atoms with E-state index in [1.165, 1.54) is 0 Å². The molecule has 118 valence electrons. The minimum atomic E-state index is -0.356. The zero-order valence-electron chi connectivity index (χ0n) is 12.2. The van der Waals surface area contributed by atoms with Crippen molar-refractivity contribution in [2.75, 3.05) is 13.2 Å². The lowest BCUT2D eigenvalue weighted by molar-refractivity contribution is -0.148. The molecule has 7 heteroatoms. The summed E-state index contributed by atoms with van der Waals surface area (Å²) in [5.74, 6) is -0.245. The molecule has 0 spiro atoms. The van der Waals surface area contributed by atoms with Gasteiger partial charge in [0, 0.05) is 11.6 Å². The summed E-state index contributed by atoms with van der Waals surface area (Å²) in [6, 6.07) is 7.01. The van der Waals surface area contributed by atoms with Gasteiger partial charge in [0.05, 0.1) is 28.3 Å². The van der Waals surface area contributed by atoms with Gasteiger partial charge in [0.15, 0.2) is 0 Å². The molecule has 0 saturated heterocycles. The van der Waals surface area contributed by atoms with E-state index in [1.54, 1.807) is 32.0 Å². The monoisotopic (exact) mass is 342 g/mol. The third-order valence-electron chi connectivity index (χ3n) is 2.96. The average molecular weight is 343 g/mol. The van der Waals surface area contributed by atoms with E-state index < -0.39 is 0 Å². The van der Waals surface area contributed by atoms with Crippen molar-refractivity contribution in [2.24, 2.45) is 5.92 Å². The summed E-state index contributed by atoms with van der Waals surface area (Å²) >= 11 is 11.9. The highest BCUT2D eigenvalue weighted by atomic mass is 35.5. The quantitative estimate of drug-likeness (QED) is 0.807. The molecule has 0 amide bonds. The minimum Gasteiger partial charge on any atom is -0.476 e. The summed E-state index contributed by atoms with van der Waals surface area (Å²) in [5, 5.41) is 7.86. The van der Waals surface area contributed by atoms with Gasteiger partial charge in [-0.2, -0.15) is 0 Å². The summed E-state index contributed by atoms with van der Waals surface area (Å²) in [5.41, 5.74) is 1.59. The Hall–Kier alpha value is -1.72. The van der Waals surface area contributed by atoms with Crippen LogP contribution in [0.4, 0.5) is 0 Å². The fourth-order valence-corrected chi connectivity index (χ4v) is 2.05. The highest BCUT2D eigenvalue weighted by Gasteiger charge is 2.15. The SMILES string of the molecule is CCOC(=O)C(C)COc1cc(-c2ccc(Cl)c(Cl)c2)[nH]n1. The van der Waals surface area contributed by atoms with Crippen molar-refractivity contribution >= 4 is 29.2 Å². The number of carbonyl (C=O) groups excluding carboxylic acids is 1. The molecule has 5 nitrogen and oxygen atoms in total. The minimum absolute atomic E-state index is 0.199. The first-order valence-electron chi connectivity index (χ1n) is 6.81. The molecule has 0 bridgehead atoms. The van der Waals surface area contributed by atoms with Gasteiger partial charge in [-0.25, -0.2) is 0 Å². The van der Waals surface area contributed by atoms with Crippen LogP contribution in [0.25, 0.3) is 11.3 Å². The van der Waals surface area contributed by atoms with Crippen LogP contribution >= 0.6 is 23.2 Å². The van der Waals surface area contributed by atoms with Gasteiger partial charge in [0.25, 0.3) is 0 Å². The van der Waals surface area contributed by atoms with E-state index in [2.05, 4.69) is 10.2 Å². The van der Waals surface area contributed by atoms with Crippen molar-refractivity contribution in [1.82, 2.24) is 10.2 Å². The van der Waals surface area contributed by atoms with Crippen LogP contribution in [0.2, 0.25) is 10.0 Å². The van der Waals surface area contributed by atoms with Gasteiger partial charge >= 0.3 is 5.97 Å². The Kier molecular flexibility index (Phi) is 5.69. The topological polar surface area (TPSA) is 64.2 Å². The van der Waals surface area contributed by atoms with Gasteiger partial charge in [-0.15, -0.1) is 5.10 Å². The zero-order chi connectivity index (χ0) is 16.1. The lowest BCUT2D eigenvalue weighted by Gasteiger charge is -2.10. The second kappa shape index (κ2) is 7.51. The number of halogens is 2. The summed E-state index contributed by atoms with van der Waals surface area (Å²) in [7, 11) is 0. The van der Waals surface area contributed by atoms with Crippen LogP contribution in [0.1, 0.15) is 13.8 Å². The van der Waals surface area contributed by atoms with Crippen LogP contribution in [0.5, 0.6) is 5.88 Å². The summed E-state index contributed by atoms with van der Waals surface area (Å²) in [6.07, 6.45) is 0. The number of nitrogens with zero attached hydrogens (tertiary/aromatic N) is 1. The fraction of sp³-hybridized carbons (Fsp3) is 0.333. The number of esters is 1. The zero-order valence-corrected chi connectivity index (χ0v) is 13.7.